The molecule has 5 N–H and O–H groups in total. The summed E-state index contributed by atoms with van der Waals surface area (Å²) in [5, 5.41) is 2.72. The summed E-state index contributed by atoms with van der Waals surface area (Å²) in [6.45, 7) is 1.90. The lowest BCUT2D eigenvalue weighted by molar-refractivity contribution is -0.146. The number of carbonyl (C=O) groups is 3. The molecule has 13 heteroatoms. The van der Waals surface area contributed by atoms with Gasteiger partial charge in [0.1, 0.15) is 12.1 Å². The molecule has 232 valence electrons. The number of hydrogen-bond acceptors (Lipinski definition) is 5. The first-order valence-electron chi connectivity index (χ1n) is 14.3. The fraction of sp³-hybridized carbons (Fsp3) is 0.433. The van der Waals surface area contributed by atoms with Crippen LogP contribution in [0.5, 0.6) is 0 Å². The van der Waals surface area contributed by atoms with Crippen molar-refractivity contribution >= 4 is 31.4 Å². The number of hydrogen-bond donors (Lipinski definition) is 4. The first kappa shape index (κ1) is 32.5. The molecule has 0 unspecified atom stereocenters. The second kappa shape index (κ2) is 13.9. The molecular weight excluding hydrogens is 581 g/mol. The zero-order chi connectivity index (χ0) is 31.2. The summed E-state index contributed by atoms with van der Waals surface area (Å²) >= 11 is 0. The highest BCUT2D eigenvalue weighted by Gasteiger charge is 2.50. The number of nitrogens with zero attached hydrogens (tertiary/aromatic N) is 2. The maximum Gasteiger partial charge on any atom is 0.399 e. The normalized spacial score (nSPS) is 18.0. The molecule has 0 spiro atoms. The van der Waals surface area contributed by atoms with Gasteiger partial charge in [-0.25, -0.2) is 0 Å². The second-order valence-electron chi connectivity index (χ2n) is 10.9. The summed E-state index contributed by atoms with van der Waals surface area (Å²) in [5.74, 6) is -1.03. The van der Waals surface area contributed by atoms with Crippen LogP contribution < -0.4 is 11.1 Å². The molecule has 2 atom stereocenters. The number of unbranched alkanes of at least 4 members (excludes halogenated alkanes) is 1. The summed E-state index contributed by atoms with van der Waals surface area (Å²) in [6, 6.07) is 10.7. The number of alkyl halides is 2. The van der Waals surface area contributed by atoms with Crippen molar-refractivity contribution in [3.63, 3.8) is 0 Å². The number of fused-ring (bicyclic) bond motifs is 1. The topological polar surface area (TPSA) is 153 Å². The van der Waals surface area contributed by atoms with Crippen LogP contribution >= 0.6 is 7.60 Å². The average Bonchev–Trinajstić information content (AvgIpc) is 3.48. The molecule has 0 bridgehead atoms. The third kappa shape index (κ3) is 7.75. The van der Waals surface area contributed by atoms with E-state index in [2.05, 4.69) is 11.4 Å². The number of nitrogens with two attached hydrogens (primary N) is 1. The van der Waals surface area contributed by atoms with Gasteiger partial charge in [-0.05, 0) is 67.8 Å². The molecule has 0 radical (unpaired) electrons. The number of halogens is 2. The van der Waals surface area contributed by atoms with Crippen LogP contribution in [-0.4, -0.2) is 69.0 Å². The summed E-state index contributed by atoms with van der Waals surface area (Å²) in [7, 11) is -5.70. The average molecular weight is 619 g/mol. The fourth-order valence-corrected chi connectivity index (χ4v) is 5.97. The Hall–Kier alpha value is -3.44. The van der Waals surface area contributed by atoms with Crippen LogP contribution in [0.15, 0.2) is 54.6 Å². The highest BCUT2D eigenvalue weighted by Crippen LogP contribution is 2.59. The molecule has 4 rings (SSSR count). The summed E-state index contributed by atoms with van der Waals surface area (Å²) in [6.07, 6.45) is 6.02. The van der Waals surface area contributed by atoms with Crippen LogP contribution in [-0.2, 0) is 37.6 Å². The molecule has 10 nitrogen and oxygen atoms in total. The first-order valence-corrected chi connectivity index (χ1v) is 15.9. The third-order valence-corrected chi connectivity index (χ3v) is 8.87. The highest BCUT2D eigenvalue weighted by atomic mass is 31.2. The largest absolute Gasteiger partial charge is 0.399 e. The standard InChI is InChI=1S/C30H37F2N4O6P/c31-30(32,43(40,41)42)24-13-10-21(11-14-24)12-15-27(37)34-25(8-3-4-17-33)28(38)36-18-5-9-26(36)29(39)35-19-16-22-6-1-2-7-23(22)20-35/h1-2,6-7,10-15,25-26H,3-5,8-9,16-20,33H2,(H,34,37)(H2,40,41,42)/b15-12+/t25-,26-/m0/s1. The Kier molecular flexibility index (Phi) is 10.5. The van der Waals surface area contributed by atoms with Crippen molar-refractivity contribution in [1.82, 2.24) is 15.1 Å². The zero-order valence-electron chi connectivity index (χ0n) is 23.7. The van der Waals surface area contributed by atoms with Gasteiger partial charge in [-0.3, -0.25) is 18.9 Å². The van der Waals surface area contributed by atoms with Crippen LogP contribution in [0.2, 0.25) is 0 Å². The van der Waals surface area contributed by atoms with Gasteiger partial charge in [-0.15, -0.1) is 0 Å². The summed E-state index contributed by atoms with van der Waals surface area (Å²) in [4.78, 5) is 61.3. The molecule has 2 aromatic carbocycles. The van der Waals surface area contributed by atoms with Gasteiger partial charge in [0.25, 0.3) is 0 Å². The minimum Gasteiger partial charge on any atom is -0.341 e. The molecule has 43 heavy (non-hydrogen) atoms. The minimum absolute atomic E-state index is 0.0972. The number of benzene rings is 2. The number of nitrogens with one attached hydrogen (secondary N) is 1. The molecule has 2 aromatic rings. The van der Waals surface area contributed by atoms with E-state index < -0.39 is 36.8 Å². The van der Waals surface area contributed by atoms with Gasteiger partial charge in [0.05, 0.1) is 0 Å². The lowest BCUT2D eigenvalue weighted by atomic mass is 9.99. The van der Waals surface area contributed by atoms with Crippen LogP contribution in [0.1, 0.15) is 54.4 Å². The van der Waals surface area contributed by atoms with Gasteiger partial charge in [0, 0.05) is 31.3 Å². The quantitative estimate of drug-likeness (QED) is 0.172. The van der Waals surface area contributed by atoms with Crippen molar-refractivity contribution in [1.29, 1.82) is 0 Å². The molecule has 0 aliphatic carbocycles. The zero-order valence-corrected chi connectivity index (χ0v) is 24.6. The van der Waals surface area contributed by atoms with Crippen molar-refractivity contribution in [2.45, 2.75) is 62.8 Å². The van der Waals surface area contributed by atoms with Crippen molar-refractivity contribution in [2.24, 2.45) is 5.73 Å². The predicted octanol–water partition coefficient (Wildman–Crippen LogP) is 3.12. The molecular formula is C30H37F2N4O6P. The van der Waals surface area contributed by atoms with Gasteiger partial charge in [-0.2, -0.15) is 8.78 Å². The molecule has 1 fully saturated rings. The Morgan fingerprint density at radius 2 is 1.77 bits per heavy atom. The van der Waals surface area contributed by atoms with E-state index in [1.807, 2.05) is 18.2 Å². The maximum absolute atomic E-state index is 13.9. The monoisotopic (exact) mass is 618 g/mol. The second-order valence-corrected chi connectivity index (χ2v) is 12.5. The lowest BCUT2D eigenvalue weighted by Gasteiger charge is -2.34. The summed E-state index contributed by atoms with van der Waals surface area (Å²) < 4.78 is 38.9. The van der Waals surface area contributed by atoms with Crippen LogP contribution in [0, 0.1) is 0 Å². The number of rotatable bonds is 11. The van der Waals surface area contributed by atoms with Crippen molar-refractivity contribution in [2.75, 3.05) is 19.6 Å². The molecule has 0 aromatic heterocycles. The van der Waals surface area contributed by atoms with Crippen molar-refractivity contribution in [3.05, 3.63) is 76.9 Å². The maximum atomic E-state index is 13.9. The van der Waals surface area contributed by atoms with Crippen molar-refractivity contribution in [3.8, 4) is 0 Å². The Balaban J connectivity index is 1.42. The van der Waals surface area contributed by atoms with E-state index in [0.717, 1.165) is 30.2 Å². The molecule has 2 aliphatic heterocycles. The SMILES string of the molecule is NCCCC[C@H](NC(=O)/C=C/c1ccc(C(F)(F)P(=O)(O)O)cc1)C(=O)N1CCC[C@H]1C(=O)N1CCc2ccccc2C1. The van der Waals surface area contributed by atoms with Gasteiger partial charge in [0.15, 0.2) is 0 Å². The molecule has 1 saturated heterocycles. The number of carbonyl (C=O) groups excluding carboxylic acids is 3. The smallest absolute Gasteiger partial charge is 0.341 e. The lowest BCUT2D eigenvalue weighted by Crippen LogP contribution is -2.54. The van der Waals surface area contributed by atoms with Gasteiger partial charge in [0.2, 0.25) is 17.7 Å². The first-order chi connectivity index (χ1) is 20.4. The van der Waals surface area contributed by atoms with E-state index in [1.165, 1.54) is 23.8 Å². The van der Waals surface area contributed by atoms with E-state index in [9.17, 15) is 27.7 Å². The summed E-state index contributed by atoms with van der Waals surface area (Å²) in [5.41, 5.74) is 3.10. The Morgan fingerprint density at radius 1 is 1.07 bits per heavy atom. The van der Waals surface area contributed by atoms with E-state index >= 15 is 0 Å². The Morgan fingerprint density at radius 3 is 2.44 bits per heavy atom. The van der Waals surface area contributed by atoms with Gasteiger partial charge in [-0.1, -0.05) is 48.5 Å². The van der Waals surface area contributed by atoms with Gasteiger partial charge >= 0.3 is 13.3 Å². The van der Waals surface area contributed by atoms with E-state index in [1.54, 1.807) is 9.80 Å². The molecule has 2 aliphatic rings. The number of likely N-dealkylation sites (tertiary alicyclic amines) is 1. The van der Waals surface area contributed by atoms with Crippen molar-refractivity contribution < 1.29 is 37.5 Å². The Labute approximate surface area is 249 Å². The molecule has 3 amide bonds. The number of amides is 3. The van der Waals surface area contributed by atoms with Gasteiger partial charge < -0.3 is 30.6 Å². The predicted molar refractivity (Wildman–Crippen MR) is 157 cm³/mol. The van der Waals surface area contributed by atoms with Crippen LogP contribution in [0.25, 0.3) is 6.08 Å². The minimum atomic E-state index is -5.70. The van der Waals surface area contributed by atoms with E-state index in [0.29, 0.717) is 63.8 Å². The van der Waals surface area contributed by atoms with Crippen LogP contribution in [0.3, 0.4) is 0 Å². The Bertz CT molecular complexity index is 1400. The molecule has 2 heterocycles. The fourth-order valence-electron chi connectivity index (χ4n) is 5.49. The highest BCUT2D eigenvalue weighted by molar-refractivity contribution is 7.52. The van der Waals surface area contributed by atoms with E-state index in [-0.39, 0.29) is 11.8 Å². The van der Waals surface area contributed by atoms with Crippen LogP contribution in [0.4, 0.5) is 8.78 Å². The third-order valence-electron chi connectivity index (χ3n) is 7.88. The van der Waals surface area contributed by atoms with E-state index in [4.69, 9.17) is 15.5 Å². The molecule has 0 saturated carbocycles.